The molecule has 3 rings (SSSR count). The number of benzene rings is 1. The first kappa shape index (κ1) is 12.6. The highest BCUT2D eigenvalue weighted by atomic mass is 79.9. The summed E-state index contributed by atoms with van der Waals surface area (Å²) in [6.07, 6.45) is 4.12. The molecule has 2 aliphatic rings. The Morgan fingerprint density at radius 2 is 1.94 bits per heavy atom. The molecular weight excluding hydrogens is 288 g/mol. The Kier molecular flexibility index (Phi) is 3.73. The van der Waals surface area contributed by atoms with Crippen LogP contribution in [0.2, 0.25) is 0 Å². The second-order valence-corrected chi connectivity index (χ2v) is 6.52. The molecule has 1 aromatic rings. The minimum atomic E-state index is 0.778. The normalized spacial score (nSPS) is 29.4. The SMILES string of the molecule is CN1C2CCC1CN(Cc1ccccc1Br)CC2. The van der Waals surface area contributed by atoms with Gasteiger partial charge in [0.1, 0.15) is 0 Å². The Hall–Kier alpha value is -0.380. The second kappa shape index (κ2) is 5.32. The minimum absolute atomic E-state index is 0.778. The topological polar surface area (TPSA) is 6.48 Å². The van der Waals surface area contributed by atoms with Gasteiger partial charge in [0.15, 0.2) is 0 Å². The Bertz CT molecular complexity index is 421. The molecule has 0 saturated carbocycles. The number of nitrogens with zero attached hydrogens (tertiary/aromatic N) is 2. The monoisotopic (exact) mass is 308 g/mol. The maximum absolute atomic E-state index is 3.66. The third-order valence-electron chi connectivity index (χ3n) is 4.58. The number of likely N-dealkylation sites (N-methyl/N-ethyl adjacent to an activating group) is 1. The van der Waals surface area contributed by atoms with Gasteiger partial charge in [-0.1, -0.05) is 34.1 Å². The first-order valence-electron chi connectivity index (χ1n) is 6.92. The maximum Gasteiger partial charge on any atom is 0.0245 e. The molecule has 2 bridgehead atoms. The Balaban J connectivity index is 1.69. The number of hydrogen-bond donors (Lipinski definition) is 0. The molecule has 2 nitrogen and oxygen atoms in total. The van der Waals surface area contributed by atoms with Crippen molar-refractivity contribution < 1.29 is 0 Å². The molecular formula is C15H21BrN2. The molecule has 2 saturated heterocycles. The van der Waals surface area contributed by atoms with E-state index in [2.05, 4.69) is 57.0 Å². The number of fused-ring (bicyclic) bond motifs is 2. The lowest BCUT2D eigenvalue weighted by Gasteiger charge is -2.26. The van der Waals surface area contributed by atoms with Crippen LogP contribution in [0.25, 0.3) is 0 Å². The van der Waals surface area contributed by atoms with Gasteiger partial charge in [-0.2, -0.15) is 0 Å². The van der Waals surface area contributed by atoms with Crippen LogP contribution in [0.15, 0.2) is 28.7 Å². The third-order valence-corrected chi connectivity index (χ3v) is 5.36. The van der Waals surface area contributed by atoms with Crippen molar-refractivity contribution in [2.45, 2.75) is 37.9 Å². The van der Waals surface area contributed by atoms with Crippen LogP contribution in [-0.2, 0) is 6.54 Å². The minimum Gasteiger partial charge on any atom is -0.299 e. The molecule has 2 atom stereocenters. The van der Waals surface area contributed by atoms with Crippen LogP contribution in [0, 0.1) is 0 Å². The van der Waals surface area contributed by atoms with Crippen LogP contribution in [0.3, 0.4) is 0 Å². The lowest BCUT2D eigenvalue weighted by molar-refractivity contribution is 0.214. The van der Waals surface area contributed by atoms with E-state index in [1.54, 1.807) is 0 Å². The molecule has 2 fully saturated rings. The molecule has 0 aliphatic carbocycles. The van der Waals surface area contributed by atoms with Crippen LogP contribution in [-0.4, -0.2) is 42.0 Å². The molecule has 1 aromatic carbocycles. The molecule has 3 heteroatoms. The zero-order chi connectivity index (χ0) is 12.5. The zero-order valence-electron chi connectivity index (χ0n) is 11.0. The number of rotatable bonds is 2. The highest BCUT2D eigenvalue weighted by molar-refractivity contribution is 9.10. The van der Waals surface area contributed by atoms with Gasteiger partial charge < -0.3 is 0 Å². The fourth-order valence-corrected chi connectivity index (χ4v) is 3.80. The molecule has 98 valence electrons. The van der Waals surface area contributed by atoms with Crippen molar-refractivity contribution in [1.82, 2.24) is 9.80 Å². The van der Waals surface area contributed by atoms with Crippen molar-refractivity contribution in [2.24, 2.45) is 0 Å². The van der Waals surface area contributed by atoms with Crippen LogP contribution in [0.1, 0.15) is 24.8 Å². The molecule has 0 amide bonds. The smallest absolute Gasteiger partial charge is 0.0245 e. The summed E-state index contributed by atoms with van der Waals surface area (Å²) >= 11 is 3.66. The summed E-state index contributed by atoms with van der Waals surface area (Å²) in [6.45, 7) is 3.56. The summed E-state index contributed by atoms with van der Waals surface area (Å²) in [7, 11) is 2.31. The third kappa shape index (κ3) is 2.49. The van der Waals surface area contributed by atoms with E-state index < -0.39 is 0 Å². The Morgan fingerprint density at radius 1 is 1.17 bits per heavy atom. The number of hydrogen-bond acceptors (Lipinski definition) is 2. The number of halogens is 1. The number of likely N-dealkylation sites (tertiary alicyclic amines) is 1. The van der Waals surface area contributed by atoms with Gasteiger partial charge >= 0.3 is 0 Å². The van der Waals surface area contributed by atoms with E-state index in [4.69, 9.17) is 0 Å². The predicted molar refractivity (Wildman–Crippen MR) is 78.6 cm³/mol. The van der Waals surface area contributed by atoms with Gasteiger partial charge in [-0.25, -0.2) is 0 Å². The van der Waals surface area contributed by atoms with E-state index in [0.717, 1.165) is 18.6 Å². The zero-order valence-corrected chi connectivity index (χ0v) is 12.6. The Morgan fingerprint density at radius 3 is 2.78 bits per heavy atom. The average Bonchev–Trinajstić information content (AvgIpc) is 2.60. The van der Waals surface area contributed by atoms with Crippen LogP contribution >= 0.6 is 15.9 Å². The van der Waals surface area contributed by atoms with E-state index in [0.29, 0.717) is 0 Å². The summed E-state index contributed by atoms with van der Waals surface area (Å²) < 4.78 is 1.24. The van der Waals surface area contributed by atoms with Gasteiger partial charge in [-0.05, 0) is 37.9 Å². The van der Waals surface area contributed by atoms with Gasteiger partial charge in [0.25, 0.3) is 0 Å². The van der Waals surface area contributed by atoms with Crippen molar-refractivity contribution in [3.05, 3.63) is 34.3 Å². The summed E-state index contributed by atoms with van der Waals surface area (Å²) in [5.74, 6) is 0. The van der Waals surface area contributed by atoms with Gasteiger partial charge in [0, 0.05) is 36.2 Å². The molecule has 2 aliphatic heterocycles. The summed E-state index contributed by atoms with van der Waals surface area (Å²) in [5.41, 5.74) is 1.41. The fraction of sp³-hybridized carbons (Fsp3) is 0.600. The second-order valence-electron chi connectivity index (χ2n) is 5.67. The van der Waals surface area contributed by atoms with E-state index >= 15 is 0 Å². The van der Waals surface area contributed by atoms with Crippen LogP contribution in [0.5, 0.6) is 0 Å². The molecule has 2 heterocycles. The van der Waals surface area contributed by atoms with E-state index in [-0.39, 0.29) is 0 Å². The summed E-state index contributed by atoms with van der Waals surface area (Å²) in [4.78, 5) is 5.24. The molecule has 0 spiro atoms. The lowest BCUT2D eigenvalue weighted by Crippen LogP contribution is -2.36. The molecule has 2 unspecified atom stereocenters. The maximum atomic E-state index is 3.66. The average molecular weight is 309 g/mol. The molecule has 0 aromatic heterocycles. The van der Waals surface area contributed by atoms with Gasteiger partial charge in [0.05, 0.1) is 0 Å². The first-order valence-corrected chi connectivity index (χ1v) is 7.71. The van der Waals surface area contributed by atoms with Gasteiger partial charge in [0.2, 0.25) is 0 Å². The van der Waals surface area contributed by atoms with Crippen molar-refractivity contribution in [3.8, 4) is 0 Å². The van der Waals surface area contributed by atoms with Crippen LogP contribution in [0.4, 0.5) is 0 Å². The van der Waals surface area contributed by atoms with E-state index in [1.165, 1.54) is 42.4 Å². The molecule has 18 heavy (non-hydrogen) atoms. The van der Waals surface area contributed by atoms with Crippen molar-refractivity contribution in [1.29, 1.82) is 0 Å². The van der Waals surface area contributed by atoms with E-state index in [9.17, 15) is 0 Å². The highest BCUT2D eigenvalue weighted by Crippen LogP contribution is 2.29. The highest BCUT2D eigenvalue weighted by Gasteiger charge is 2.34. The summed E-state index contributed by atoms with van der Waals surface area (Å²) in [6, 6.07) is 10.2. The molecule has 0 N–H and O–H groups in total. The van der Waals surface area contributed by atoms with Crippen molar-refractivity contribution >= 4 is 15.9 Å². The lowest BCUT2D eigenvalue weighted by atomic mass is 10.1. The van der Waals surface area contributed by atoms with Gasteiger partial charge in [-0.15, -0.1) is 0 Å². The first-order chi connectivity index (χ1) is 8.74. The predicted octanol–water partition coefficient (Wildman–Crippen LogP) is 3.12. The summed E-state index contributed by atoms with van der Waals surface area (Å²) in [5, 5.41) is 0. The fourth-order valence-electron chi connectivity index (χ4n) is 3.39. The largest absolute Gasteiger partial charge is 0.299 e. The molecule has 0 radical (unpaired) electrons. The van der Waals surface area contributed by atoms with Crippen molar-refractivity contribution in [2.75, 3.05) is 20.1 Å². The van der Waals surface area contributed by atoms with Crippen molar-refractivity contribution in [3.63, 3.8) is 0 Å². The standard InChI is InChI=1S/C15H21BrN2/c1-17-13-6-7-14(17)11-18(9-8-13)10-12-4-2-3-5-15(12)16/h2-5,13-14H,6-11H2,1H3. The van der Waals surface area contributed by atoms with Gasteiger partial charge in [-0.3, -0.25) is 9.80 Å². The Labute approximate surface area is 118 Å². The van der Waals surface area contributed by atoms with Crippen LogP contribution < -0.4 is 0 Å². The van der Waals surface area contributed by atoms with E-state index in [1.807, 2.05) is 0 Å². The quantitative estimate of drug-likeness (QED) is 0.828.